The third-order valence-corrected chi connectivity index (χ3v) is 11.2. The first kappa shape index (κ1) is 51.6. The van der Waals surface area contributed by atoms with Gasteiger partial charge in [-0.25, -0.2) is 0 Å². The highest BCUT2D eigenvalue weighted by Crippen LogP contribution is 2.31. The lowest BCUT2D eigenvalue weighted by Gasteiger charge is -2.22. The van der Waals surface area contributed by atoms with Gasteiger partial charge in [-0.3, -0.25) is 19.2 Å². The van der Waals surface area contributed by atoms with Crippen LogP contribution in [0, 0.1) is 30.6 Å². The second-order valence-corrected chi connectivity index (χ2v) is 15.3. The van der Waals surface area contributed by atoms with Crippen LogP contribution in [0.1, 0.15) is 116 Å². The van der Waals surface area contributed by atoms with Crippen molar-refractivity contribution in [1.29, 1.82) is 0 Å². The summed E-state index contributed by atoms with van der Waals surface area (Å²) >= 11 is 0. The fourth-order valence-electron chi connectivity index (χ4n) is 7.25. The van der Waals surface area contributed by atoms with Crippen LogP contribution >= 0.6 is 0 Å². The van der Waals surface area contributed by atoms with E-state index >= 15 is 0 Å². The van der Waals surface area contributed by atoms with Gasteiger partial charge in [0.15, 0.2) is 5.70 Å². The smallest absolute Gasteiger partial charge is 0.306 e. The Balaban J connectivity index is 0.000000635. The normalized spacial score (nSPS) is 13.6. The van der Waals surface area contributed by atoms with E-state index in [2.05, 4.69) is 53.3 Å². The number of hydrogen-bond donors (Lipinski definition) is 5. The van der Waals surface area contributed by atoms with E-state index < -0.39 is 23.8 Å². The van der Waals surface area contributed by atoms with Crippen molar-refractivity contribution in [1.82, 2.24) is 5.32 Å². The summed E-state index contributed by atoms with van der Waals surface area (Å²) in [6.07, 6.45) is 11.1. The maximum Gasteiger partial charge on any atom is 0.306 e. The molecule has 12 heteroatoms. The number of ether oxygens (including phenoxy) is 1. The summed E-state index contributed by atoms with van der Waals surface area (Å²) in [7, 11) is 1.49. The van der Waals surface area contributed by atoms with E-state index in [0.717, 1.165) is 30.4 Å². The van der Waals surface area contributed by atoms with Crippen molar-refractivity contribution in [3.63, 3.8) is 0 Å². The molecular formula is C52H66N4O8. The largest absolute Gasteiger partial charge is 0.510 e. The van der Waals surface area contributed by atoms with Gasteiger partial charge in [0.25, 0.3) is 5.91 Å². The first-order valence-corrected chi connectivity index (χ1v) is 21.8. The summed E-state index contributed by atoms with van der Waals surface area (Å²) in [5, 5.41) is 42.7. The number of nitrogens with one attached hydrogen (secondary N) is 2. The second kappa shape index (κ2) is 29.5. The lowest BCUT2D eigenvalue weighted by molar-refractivity contribution is -0.143. The summed E-state index contributed by atoms with van der Waals surface area (Å²) < 4.78 is 11.0. The molecule has 5 atom stereocenters. The van der Waals surface area contributed by atoms with E-state index in [0.29, 0.717) is 61.7 Å². The van der Waals surface area contributed by atoms with Gasteiger partial charge in [-0.2, -0.15) is 5.11 Å². The molecule has 5 N–H and O–H groups in total. The number of hydrogen-bond acceptors (Lipinski definition) is 8. The number of nitrogens with zero attached hydrogens (tertiary/aromatic N) is 2. The molecule has 64 heavy (non-hydrogen) atoms. The highest BCUT2D eigenvalue weighted by Gasteiger charge is 2.26. The van der Waals surface area contributed by atoms with Gasteiger partial charge in [0, 0.05) is 12.5 Å². The maximum absolute atomic E-state index is 13.0. The van der Waals surface area contributed by atoms with Gasteiger partial charge < -0.3 is 30.7 Å². The van der Waals surface area contributed by atoms with Crippen molar-refractivity contribution in [2.75, 3.05) is 12.4 Å². The summed E-state index contributed by atoms with van der Waals surface area (Å²) in [6, 6.07) is 34.0. The van der Waals surface area contributed by atoms with Gasteiger partial charge in [-0.05, 0) is 111 Å². The van der Waals surface area contributed by atoms with Gasteiger partial charge in [-0.15, -0.1) is 17.9 Å². The highest BCUT2D eigenvalue weighted by molar-refractivity contribution is 6.04. The Hall–Kier alpha value is -6.74. The number of azo groups is 1. The number of aliphatic hydroxyl groups is 1. The molecule has 0 fully saturated rings. The van der Waals surface area contributed by atoms with Crippen molar-refractivity contribution in [2.45, 2.75) is 104 Å². The molecule has 0 saturated carbocycles. The molecule has 0 heterocycles. The van der Waals surface area contributed by atoms with Crippen molar-refractivity contribution < 1.29 is 40.6 Å². The fourth-order valence-corrected chi connectivity index (χ4v) is 7.25. The molecule has 0 aromatic heterocycles. The number of carboxylic acid groups (broad SMARTS) is 2. The number of carbonyl (C=O) groups excluding carboxylic acids is 2. The Morgan fingerprint density at radius 1 is 0.688 bits per heavy atom. The third-order valence-electron chi connectivity index (χ3n) is 11.2. The van der Waals surface area contributed by atoms with Crippen LogP contribution in [-0.2, 0) is 25.7 Å². The zero-order chi connectivity index (χ0) is 48.1. The van der Waals surface area contributed by atoms with Crippen molar-refractivity contribution in [3.8, 4) is 18.6 Å². The monoisotopic (exact) mass is 875 g/mol. The molecule has 5 unspecified atom stereocenters. The Morgan fingerprint density at radius 2 is 1.17 bits per heavy atom. The second-order valence-electron chi connectivity index (χ2n) is 15.3. The van der Waals surface area contributed by atoms with Crippen LogP contribution in [-0.4, -0.2) is 46.2 Å². The van der Waals surface area contributed by atoms with Crippen molar-refractivity contribution in [3.05, 3.63) is 137 Å². The fraction of sp³-hybridized carbons (Fsp3) is 0.385. The van der Waals surface area contributed by atoms with E-state index in [4.69, 9.17) is 11.2 Å². The number of allylic oxidation sites excluding steroid dienone is 1. The van der Waals surface area contributed by atoms with Crippen LogP contribution in [0.5, 0.6) is 5.75 Å². The van der Waals surface area contributed by atoms with E-state index in [1.807, 2.05) is 62.4 Å². The molecule has 0 spiro atoms. The average molecular weight is 876 g/mol. The van der Waals surface area contributed by atoms with Gasteiger partial charge in [0.1, 0.15) is 12.9 Å². The number of carbonyl (C=O) groups is 4. The van der Waals surface area contributed by atoms with Crippen LogP contribution in [0.4, 0.5) is 11.4 Å². The van der Waals surface area contributed by atoms with Crippen molar-refractivity contribution >= 4 is 35.1 Å². The standard InChI is InChI=1S/C36H44N4O6.C14H20O2.C2H2/c1-5-26(18-19-29(36(44)45)22-27(6-2)28-12-8-7-9-13-28)34(42)37-23-25-16-20-30(21-17-25)39-40-33(24(3)41)35(43)38-31-14-10-11-15-32(31)46-4;1-3-11(10-12(4-2)14(15)16)13-8-6-5-7-9-13;1-2/h7-17,20-21,26-27,29,41H,5-6,18-19,22-23H2,1-4H3,(H,37,42)(H,38,43)(H,44,45);5-9,11-12H,3-4,10H2,1-2H3,(H,15,16);1-2H/i;;1D. The number of anilines is 1. The van der Waals surface area contributed by atoms with Crippen LogP contribution in [0.3, 0.4) is 0 Å². The minimum absolute atomic E-state index is 0.111. The number of aliphatic hydroxyl groups excluding tert-OH is 1. The van der Waals surface area contributed by atoms with Crippen LogP contribution in [0.25, 0.3) is 0 Å². The van der Waals surface area contributed by atoms with E-state index in [1.165, 1.54) is 26.0 Å². The Labute approximate surface area is 380 Å². The van der Waals surface area contributed by atoms with Gasteiger partial charge in [0.2, 0.25) is 5.91 Å². The summed E-state index contributed by atoms with van der Waals surface area (Å²) in [4.78, 5) is 48.9. The molecule has 0 bridgehead atoms. The molecule has 4 rings (SSSR count). The lowest BCUT2D eigenvalue weighted by Crippen LogP contribution is -2.31. The lowest BCUT2D eigenvalue weighted by atomic mass is 9.83. The SMILES string of the molecule is CCC(CC(CC)c1ccccc1)C(=O)O.CCC(CCC(CC(CC)c1ccccc1)C(=O)O)C(=O)NCc1ccc(N=NC(C(=O)Nc2ccccc2OC)=C(C)O)cc1.[2H]C#C. The Kier molecular flexibility index (Phi) is 23.8. The molecule has 0 aliphatic heterocycles. The van der Waals surface area contributed by atoms with Gasteiger partial charge in [0.05, 0.1) is 30.3 Å². The molecule has 4 aromatic carbocycles. The Bertz CT molecular complexity index is 2150. The number of aliphatic carboxylic acids is 2. The van der Waals surface area contributed by atoms with Crippen molar-refractivity contribution in [2.24, 2.45) is 28.0 Å². The first-order chi connectivity index (χ1) is 31.3. The summed E-state index contributed by atoms with van der Waals surface area (Å²) in [5.41, 5.74) is 3.86. The molecule has 4 aromatic rings. The van der Waals surface area contributed by atoms with Gasteiger partial charge in [-0.1, -0.05) is 113 Å². The minimum atomic E-state index is -0.823. The molecule has 0 radical (unpaired) electrons. The van der Waals surface area contributed by atoms with Gasteiger partial charge >= 0.3 is 11.9 Å². The van der Waals surface area contributed by atoms with E-state index in [1.54, 1.807) is 48.5 Å². The number of methoxy groups -OCH3 is 1. The minimum Gasteiger partial charge on any atom is -0.510 e. The molecule has 0 aliphatic rings. The highest BCUT2D eigenvalue weighted by atomic mass is 16.5. The molecule has 0 saturated heterocycles. The number of carboxylic acids is 2. The predicted octanol–water partition coefficient (Wildman–Crippen LogP) is 11.8. The third kappa shape index (κ3) is 17.9. The van der Waals surface area contributed by atoms with Crippen LogP contribution in [0.2, 0.25) is 0 Å². The molecular weight excluding hydrogens is 809 g/mol. The predicted molar refractivity (Wildman–Crippen MR) is 253 cm³/mol. The summed E-state index contributed by atoms with van der Waals surface area (Å²) in [6.45, 7) is 9.71. The van der Waals surface area contributed by atoms with E-state index in [-0.39, 0.29) is 35.1 Å². The van der Waals surface area contributed by atoms with Crippen LogP contribution in [0.15, 0.2) is 131 Å². The number of terminal acetylenes is 1. The zero-order valence-corrected chi connectivity index (χ0v) is 38.0. The number of benzene rings is 4. The average Bonchev–Trinajstić information content (AvgIpc) is 3.31. The van der Waals surface area contributed by atoms with E-state index in [9.17, 15) is 29.4 Å². The maximum atomic E-state index is 13.0. The quantitative estimate of drug-likeness (QED) is 0.0211. The molecule has 2 amide bonds. The zero-order valence-electron chi connectivity index (χ0n) is 39.0. The topological polar surface area (TPSA) is 187 Å². The number of amides is 2. The van der Waals surface area contributed by atoms with Crippen LogP contribution < -0.4 is 15.4 Å². The molecule has 342 valence electrons. The number of para-hydroxylation sites is 2. The summed E-state index contributed by atoms with van der Waals surface area (Å²) in [5.74, 6) is -2.59. The Morgan fingerprint density at radius 3 is 1.64 bits per heavy atom. The first-order valence-electron chi connectivity index (χ1n) is 22.3. The molecule has 12 nitrogen and oxygen atoms in total. The number of rotatable bonds is 23. The molecule has 0 aliphatic carbocycles.